The Bertz CT molecular complexity index is 798. The van der Waals surface area contributed by atoms with Crippen molar-refractivity contribution in [3.05, 3.63) is 52.7 Å². The van der Waals surface area contributed by atoms with Crippen LogP contribution in [0.5, 0.6) is 5.88 Å². The predicted molar refractivity (Wildman–Crippen MR) is 88.2 cm³/mol. The summed E-state index contributed by atoms with van der Waals surface area (Å²) < 4.78 is 10.9. The van der Waals surface area contributed by atoms with Crippen LogP contribution in [0.4, 0.5) is 5.69 Å². The van der Waals surface area contributed by atoms with Gasteiger partial charge >= 0.3 is 0 Å². The SMILES string of the molecule is N#Cc1ccc(Cl)cc1NC(=O)c1ccnc(O[C@H]2CCOC2)c1. The number of carbonyl (C=O) groups excluding carboxylic acids is 1. The zero-order chi connectivity index (χ0) is 16.9. The predicted octanol–water partition coefficient (Wildman–Crippen LogP) is 3.03. The van der Waals surface area contributed by atoms with E-state index in [4.69, 9.17) is 26.3 Å². The third kappa shape index (κ3) is 3.82. The lowest BCUT2D eigenvalue weighted by Gasteiger charge is -2.12. The molecule has 1 aliphatic rings. The topological polar surface area (TPSA) is 84.2 Å². The van der Waals surface area contributed by atoms with Crippen molar-refractivity contribution in [1.29, 1.82) is 5.26 Å². The average molecular weight is 344 g/mol. The van der Waals surface area contributed by atoms with Crippen molar-refractivity contribution in [2.24, 2.45) is 0 Å². The summed E-state index contributed by atoms with van der Waals surface area (Å²) in [7, 11) is 0. The number of carbonyl (C=O) groups is 1. The highest BCUT2D eigenvalue weighted by molar-refractivity contribution is 6.31. The third-order valence-electron chi connectivity index (χ3n) is 3.52. The van der Waals surface area contributed by atoms with E-state index in [1.165, 1.54) is 12.3 Å². The number of ether oxygens (including phenoxy) is 2. The Balaban J connectivity index is 1.75. The second-order valence-corrected chi connectivity index (χ2v) is 5.68. The molecule has 0 spiro atoms. The van der Waals surface area contributed by atoms with E-state index in [9.17, 15) is 4.79 Å². The van der Waals surface area contributed by atoms with Gasteiger partial charge in [0.05, 0.1) is 24.5 Å². The molecule has 24 heavy (non-hydrogen) atoms. The summed E-state index contributed by atoms with van der Waals surface area (Å²) in [5.74, 6) is -0.00607. The fourth-order valence-electron chi connectivity index (χ4n) is 2.30. The number of pyridine rings is 1. The maximum absolute atomic E-state index is 12.4. The minimum atomic E-state index is -0.372. The minimum absolute atomic E-state index is 0.0473. The quantitative estimate of drug-likeness (QED) is 0.922. The lowest BCUT2D eigenvalue weighted by atomic mass is 10.1. The second-order valence-electron chi connectivity index (χ2n) is 5.24. The maximum atomic E-state index is 12.4. The van der Waals surface area contributed by atoms with Gasteiger partial charge in [-0.1, -0.05) is 11.6 Å². The molecular weight excluding hydrogens is 330 g/mol. The van der Waals surface area contributed by atoms with Crippen LogP contribution in [-0.4, -0.2) is 30.2 Å². The van der Waals surface area contributed by atoms with Gasteiger partial charge in [-0.2, -0.15) is 5.26 Å². The van der Waals surface area contributed by atoms with Gasteiger partial charge in [-0.05, 0) is 24.3 Å². The standard InChI is InChI=1S/C17H14ClN3O3/c18-13-2-1-12(9-19)15(8-13)21-17(22)11-3-5-20-16(7-11)24-14-4-6-23-10-14/h1-3,5,7-8,14H,4,6,10H2,(H,21,22)/t14-/m0/s1. The van der Waals surface area contributed by atoms with Gasteiger partial charge in [0, 0.05) is 29.3 Å². The number of nitrogens with zero attached hydrogens (tertiary/aromatic N) is 2. The molecule has 1 amide bonds. The summed E-state index contributed by atoms with van der Waals surface area (Å²) in [6.45, 7) is 1.18. The molecule has 0 saturated carbocycles. The van der Waals surface area contributed by atoms with E-state index in [0.717, 1.165) is 6.42 Å². The first kappa shape index (κ1) is 16.2. The van der Waals surface area contributed by atoms with Gasteiger partial charge in [0.2, 0.25) is 5.88 Å². The Morgan fingerprint density at radius 2 is 2.29 bits per heavy atom. The number of amides is 1. The summed E-state index contributed by atoms with van der Waals surface area (Å²) in [5, 5.41) is 12.2. The van der Waals surface area contributed by atoms with Gasteiger partial charge in [-0.3, -0.25) is 4.79 Å². The molecular formula is C17H14ClN3O3. The van der Waals surface area contributed by atoms with E-state index >= 15 is 0 Å². The van der Waals surface area contributed by atoms with Gasteiger partial charge in [-0.25, -0.2) is 4.98 Å². The van der Waals surface area contributed by atoms with Crippen LogP contribution in [0.2, 0.25) is 5.02 Å². The normalized spacial score (nSPS) is 16.4. The van der Waals surface area contributed by atoms with Crippen LogP contribution in [0, 0.1) is 11.3 Å². The summed E-state index contributed by atoms with van der Waals surface area (Å²) in [5.41, 5.74) is 1.07. The van der Waals surface area contributed by atoms with Crippen LogP contribution in [0.15, 0.2) is 36.5 Å². The first-order valence-electron chi connectivity index (χ1n) is 7.37. The van der Waals surface area contributed by atoms with E-state index in [0.29, 0.717) is 40.9 Å². The van der Waals surface area contributed by atoms with E-state index in [1.807, 2.05) is 6.07 Å². The zero-order valence-electron chi connectivity index (χ0n) is 12.7. The van der Waals surface area contributed by atoms with Crippen LogP contribution < -0.4 is 10.1 Å². The molecule has 6 nitrogen and oxygen atoms in total. The third-order valence-corrected chi connectivity index (χ3v) is 3.76. The van der Waals surface area contributed by atoms with Crippen LogP contribution in [0.3, 0.4) is 0 Å². The molecule has 122 valence electrons. The molecule has 2 heterocycles. The van der Waals surface area contributed by atoms with Gasteiger partial charge in [0.1, 0.15) is 12.2 Å². The van der Waals surface area contributed by atoms with Crippen molar-refractivity contribution in [1.82, 2.24) is 4.98 Å². The number of nitriles is 1. The molecule has 1 aliphatic heterocycles. The van der Waals surface area contributed by atoms with E-state index in [1.54, 1.807) is 24.3 Å². The Morgan fingerprint density at radius 3 is 3.04 bits per heavy atom. The van der Waals surface area contributed by atoms with Crippen LogP contribution in [0.25, 0.3) is 0 Å². The van der Waals surface area contributed by atoms with Crippen molar-refractivity contribution in [2.45, 2.75) is 12.5 Å². The molecule has 1 saturated heterocycles. The highest BCUT2D eigenvalue weighted by Crippen LogP contribution is 2.22. The molecule has 1 aromatic carbocycles. The molecule has 0 bridgehead atoms. The lowest BCUT2D eigenvalue weighted by Crippen LogP contribution is -2.17. The Labute approximate surface area is 144 Å². The number of anilines is 1. The number of benzene rings is 1. The molecule has 3 rings (SSSR count). The number of hydrogen-bond donors (Lipinski definition) is 1. The molecule has 0 radical (unpaired) electrons. The van der Waals surface area contributed by atoms with Crippen molar-refractivity contribution in [3.63, 3.8) is 0 Å². The average Bonchev–Trinajstić information content (AvgIpc) is 3.08. The summed E-state index contributed by atoms with van der Waals surface area (Å²) >= 11 is 5.92. The first-order valence-corrected chi connectivity index (χ1v) is 7.75. The highest BCUT2D eigenvalue weighted by atomic mass is 35.5. The van der Waals surface area contributed by atoms with Crippen molar-refractivity contribution < 1.29 is 14.3 Å². The lowest BCUT2D eigenvalue weighted by molar-refractivity contribution is 0.102. The molecule has 2 aromatic rings. The minimum Gasteiger partial charge on any atom is -0.472 e. The maximum Gasteiger partial charge on any atom is 0.255 e. The number of halogens is 1. The monoisotopic (exact) mass is 343 g/mol. The Hall–Kier alpha value is -2.62. The molecule has 1 N–H and O–H groups in total. The fraction of sp³-hybridized carbons (Fsp3) is 0.235. The van der Waals surface area contributed by atoms with Gasteiger partial charge in [0.25, 0.3) is 5.91 Å². The van der Waals surface area contributed by atoms with Crippen molar-refractivity contribution in [3.8, 4) is 11.9 Å². The van der Waals surface area contributed by atoms with Crippen molar-refractivity contribution >= 4 is 23.2 Å². The molecule has 1 atom stereocenters. The van der Waals surface area contributed by atoms with Crippen LogP contribution in [0.1, 0.15) is 22.3 Å². The number of rotatable bonds is 4. The Kier molecular flexibility index (Phi) is 4.94. The van der Waals surface area contributed by atoms with Crippen LogP contribution in [-0.2, 0) is 4.74 Å². The summed E-state index contributed by atoms with van der Waals surface area (Å²) in [4.78, 5) is 16.5. The second kappa shape index (κ2) is 7.30. The zero-order valence-corrected chi connectivity index (χ0v) is 13.4. The van der Waals surface area contributed by atoms with Crippen LogP contribution >= 0.6 is 11.6 Å². The van der Waals surface area contributed by atoms with E-state index < -0.39 is 0 Å². The Morgan fingerprint density at radius 1 is 1.42 bits per heavy atom. The summed E-state index contributed by atoms with van der Waals surface area (Å²) in [6.07, 6.45) is 2.25. The molecule has 1 aromatic heterocycles. The first-order chi connectivity index (χ1) is 11.7. The molecule has 0 aliphatic carbocycles. The molecule has 1 fully saturated rings. The van der Waals surface area contributed by atoms with Crippen molar-refractivity contribution in [2.75, 3.05) is 18.5 Å². The summed E-state index contributed by atoms with van der Waals surface area (Å²) in [6, 6.07) is 9.83. The largest absolute Gasteiger partial charge is 0.472 e. The highest BCUT2D eigenvalue weighted by Gasteiger charge is 2.18. The van der Waals surface area contributed by atoms with E-state index in [2.05, 4.69) is 10.3 Å². The number of hydrogen-bond acceptors (Lipinski definition) is 5. The smallest absolute Gasteiger partial charge is 0.255 e. The van der Waals surface area contributed by atoms with Gasteiger partial charge < -0.3 is 14.8 Å². The molecule has 7 heteroatoms. The van der Waals surface area contributed by atoms with Gasteiger partial charge in [-0.15, -0.1) is 0 Å². The number of aromatic nitrogens is 1. The molecule has 0 unspecified atom stereocenters. The van der Waals surface area contributed by atoms with Gasteiger partial charge in [0.15, 0.2) is 0 Å². The fourth-order valence-corrected chi connectivity index (χ4v) is 2.48. The number of nitrogens with one attached hydrogen (secondary N) is 1. The van der Waals surface area contributed by atoms with E-state index in [-0.39, 0.29) is 12.0 Å².